The van der Waals surface area contributed by atoms with Crippen LogP contribution in [0, 0.1) is 6.92 Å². The highest BCUT2D eigenvalue weighted by Gasteiger charge is 2.31. The predicted molar refractivity (Wildman–Crippen MR) is 87.9 cm³/mol. The number of carbonyl (C=O) groups excluding carboxylic acids is 1. The topological polar surface area (TPSA) is 85.2 Å². The third-order valence-electron chi connectivity index (χ3n) is 4.38. The molecule has 0 spiro atoms. The number of hydrogen-bond donors (Lipinski definition) is 2. The Balaban J connectivity index is 2.28. The Morgan fingerprint density at radius 3 is 2.71 bits per heavy atom. The largest absolute Gasteiger partial charge is 0.507 e. The Kier molecular flexibility index (Phi) is 5.85. The van der Waals surface area contributed by atoms with E-state index in [2.05, 4.69) is 4.74 Å². The number of methoxy groups -OCH3 is 2. The van der Waals surface area contributed by atoms with Crippen molar-refractivity contribution in [2.45, 2.75) is 46.0 Å². The number of phenols is 1. The maximum atomic E-state index is 11.2. The smallest absolute Gasteiger partial charge is 0.305 e. The third-order valence-corrected chi connectivity index (χ3v) is 4.38. The van der Waals surface area contributed by atoms with Crippen LogP contribution in [0.4, 0.5) is 0 Å². The van der Waals surface area contributed by atoms with Crippen LogP contribution in [0.1, 0.15) is 48.3 Å². The zero-order chi connectivity index (χ0) is 17.9. The first-order valence-corrected chi connectivity index (χ1v) is 7.83. The number of carbonyl (C=O) groups is 1. The average molecular weight is 336 g/mol. The summed E-state index contributed by atoms with van der Waals surface area (Å²) in [5.41, 5.74) is 3.67. The van der Waals surface area contributed by atoms with Gasteiger partial charge < -0.3 is 24.4 Å². The molecule has 0 radical (unpaired) electrons. The summed E-state index contributed by atoms with van der Waals surface area (Å²) in [6.07, 6.45) is 2.16. The molecule has 24 heavy (non-hydrogen) atoms. The highest BCUT2D eigenvalue weighted by atomic mass is 16.6. The molecule has 1 heterocycles. The zero-order valence-electron chi connectivity index (χ0n) is 14.5. The monoisotopic (exact) mass is 336 g/mol. The van der Waals surface area contributed by atoms with Gasteiger partial charge in [0.25, 0.3) is 0 Å². The van der Waals surface area contributed by atoms with Crippen LogP contribution in [0.2, 0.25) is 0 Å². The van der Waals surface area contributed by atoms with E-state index in [9.17, 15) is 15.0 Å². The lowest BCUT2D eigenvalue weighted by molar-refractivity contribution is -0.140. The van der Waals surface area contributed by atoms with E-state index in [1.807, 2.05) is 19.9 Å². The molecule has 6 nitrogen and oxygen atoms in total. The molecule has 1 atom stereocenters. The van der Waals surface area contributed by atoms with Crippen LogP contribution < -0.4 is 4.74 Å². The summed E-state index contributed by atoms with van der Waals surface area (Å²) in [4.78, 5) is 11.2. The van der Waals surface area contributed by atoms with Gasteiger partial charge in [-0.2, -0.15) is 0 Å². The number of rotatable bonds is 6. The van der Waals surface area contributed by atoms with Crippen molar-refractivity contribution in [1.82, 2.24) is 0 Å². The summed E-state index contributed by atoms with van der Waals surface area (Å²) in [5, 5.41) is 20.5. The number of hydrogen-bond acceptors (Lipinski definition) is 6. The molecule has 6 heteroatoms. The molecule has 132 valence electrons. The lowest BCUT2D eigenvalue weighted by Crippen LogP contribution is -2.03. The summed E-state index contributed by atoms with van der Waals surface area (Å²) in [5.74, 6) is 0.354. The van der Waals surface area contributed by atoms with Gasteiger partial charge in [0.1, 0.15) is 11.5 Å². The van der Waals surface area contributed by atoms with Gasteiger partial charge in [0.15, 0.2) is 6.29 Å². The SMILES string of the molecule is COC(=O)CC/C(C)=C/Cc1c(O)c2c(c(C)c1OC)COC2O. The Morgan fingerprint density at radius 1 is 1.38 bits per heavy atom. The van der Waals surface area contributed by atoms with Crippen LogP contribution in [0.25, 0.3) is 0 Å². The first kappa shape index (κ1) is 18.3. The van der Waals surface area contributed by atoms with Gasteiger partial charge in [-0.05, 0) is 37.8 Å². The average Bonchev–Trinajstić information content (AvgIpc) is 2.96. The first-order chi connectivity index (χ1) is 11.4. The minimum absolute atomic E-state index is 0.00877. The molecule has 0 fully saturated rings. The van der Waals surface area contributed by atoms with Crippen molar-refractivity contribution in [3.8, 4) is 11.5 Å². The number of benzene rings is 1. The summed E-state index contributed by atoms with van der Waals surface area (Å²) in [6.45, 7) is 4.06. The molecular weight excluding hydrogens is 312 g/mol. The van der Waals surface area contributed by atoms with Crippen LogP contribution in [0.15, 0.2) is 11.6 Å². The van der Waals surface area contributed by atoms with Crippen LogP contribution in [-0.2, 0) is 27.3 Å². The normalized spacial score (nSPS) is 16.9. The fourth-order valence-corrected chi connectivity index (χ4v) is 2.92. The van der Waals surface area contributed by atoms with Crippen LogP contribution in [0.5, 0.6) is 11.5 Å². The minimum atomic E-state index is -1.12. The van der Waals surface area contributed by atoms with Crippen LogP contribution >= 0.6 is 0 Å². The van der Waals surface area contributed by atoms with Crippen molar-refractivity contribution in [1.29, 1.82) is 0 Å². The molecule has 1 aliphatic heterocycles. The quantitative estimate of drug-likeness (QED) is 0.614. The van der Waals surface area contributed by atoms with Crippen molar-refractivity contribution >= 4 is 5.97 Å². The lowest BCUT2D eigenvalue weighted by atomic mass is 9.94. The van der Waals surface area contributed by atoms with E-state index in [4.69, 9.17) is 9.47 Å². The van der Waals surface area contributed by atoms with E-state index in [-0.39, 0.29) is 18.3 Å². The number of phenolic OH excluding ortho intramolecular Hbond substituents is 1. The van der Waals surface area contributed by atoms with Gasteiger partial charge in [-0.3, -0.25) is 4.79 Å². The Bertz CT molecular complexity index is 662. The number of esters is 1. The Labute approximate surface area is 141 Å². The highest BCUT2D eigenvalue weighted by molar-refractivity contribution is 5.69. The van der Waals surface area contributed by atoms with Crippen molar-refractivity contribution in [2.75, 3.05) is 14.2 Å². The van der Waals surface area contributed by atoms with Gasteiger partial charge in [0.05, 0.1) is 26.4 Å². The fourth-order valence-electron chi connectivity index (χ4n) is 2.92. The van der Waals surface area contributed by atoms with Gasteiger partial charge in [0, 0.05) is 12.0 Å². The fraction of sp³-hybridized carbons (Fsp3) is 0.500. The van der Waals surface area contributed by atoms with Crippen molar-refractivity contribution in [3.63, 3.8) is 0 Å². The number of aliphatic hydroxyl groups excluding tert-OH is 1. The van der Waals surface area contributed by atoms with E-state index >= 15 is 0 Å². The number of aliphatic hydroxyl groups is 1. The summed E-state index contributed by atoms with van der Waals surface area (Å²) in [7, 11) is 2.92. The molecule has 0 bridgehead atoms. The molecule has 0 aromatic heterocycles. The van der Waals surface area contributed by atoms with Gasteiger partial charge in [-0.1, -0.05) is 11.6 Å². The van der Waals surface area contributed by atoms with Gasteiger partial charge >= 0.3 is 5.97 Å². The van der Waals surface area contributed by atoms with Crippen molar-refractivity contribution in [2.24, 2.45) is 0 Å². The number of allylic oxidation sites excluding steroid dienone is 2. The maximum absolute atomic E-state index is 11.2. The standard InChI is InChI=1S/C18H24O6/c1-10(6-8-14(19)22-3)5-7-12-16(20)15-13(9-24-18(15)21)11(2)17(12)23-4/h5,18,20-21H,6-9H2,1-4H3/b10-5+. The molecule has 0 amide bonds. The molecule has 1 aromatic rings. The Hall–Kier alpha value is -2.05. The van der Waals surface area contributed by atoms with E-state index in [1.165, 1.54) is 7.11 Å². The van der Waals surface area contributed by atoms with Crippen LogP contribution in [0.3, 0.4) is 0 Å². The molecule has 2 rings (SSSR count). The second-order valence-electron chi connectivity index (χ2n) is 5.87. The Morgan fingerprint density at radius 2 is 2.08 bits per heavy atom. The predicted octanol–water partition coefficient (Wildman–Crippen LogP) is 2.67. The van der Waals surface area contributed by atoms with E-state index in [1.54, 1.807) is 7.11 Å². The highest BCUT2D eigenvalue weighted by Crippen LogP contribution is 2.45. The molecular formula is C18H24O6. The summed E-state index contributed by atoms with van der Waals surface area (Å²) in [6, 6.07) is 0. The minimum Gasteiger partial charge on any atom is -0.507 e. The molecule has 0 saturated heterocycles. The lowest BCUT2D eigenvalue weighted by Gasteiger charge is -2.17. The second kappa shape index (κ2) is 7.68. The molecule has 0 aliphatic carbocycles. The molecule has 1 aliphatic rings. The summed E-state index contributed by atoms with van der Waals surface area (Å²) < 4.78 is 15.3. The van der Waals surface area contributed by atoms with Gasteiger partial charge in [0.2, 0.25) is 0 Å². The molecule has 0 saturated carbocycles. The summed E-state index contributed by atoms with van der Waals surface area (Å²) >= 11 is 0. The number of ether oxygens (including phenoxy) is 3. The molecule has 2 N–H and O–H groups in total. The van der Waals surface area contributed by atoms with Crippen molar-refractivity contribution in [3.05, 3.63) is 33.9 Å². The first-order valence-electron chi connectivity index (χ1n) is 7.83. The zero-order valence-corrected chi connectivity index (χ0v) is 14.5. The number of fused-ring (bicyclic) bond motifs is 1. The third kappa shape index (κ3) is 3.55. The second-order valence-corrected chi connectivity index (χ2v) is 5.87. The molecule has 1 aromatic carbocycles. The van der Waals surface area contributed by atoms with Gasteiger partial charge in [-0.25, -0.2) is 0 Å². The van der Waals surface area contributed by atoms with E-state index < -0.39 is 6.29 Å². The van der Waals surface area contributed by atoms with Gasteiger partial charge in [-0.15, -0.1) is 0 Å². The molecule has 1 unspecified atom stereocenters. The van der Waals surface area contributed by atoms with Crippen molar-refractivity contribution < 1.29 is 29.2 Å². The van der Waals surface area contributed by atoms with Crippen LogP contribution in [-0.4, -0.2) is 30.4 Å². The van der Waals surface area contributed by atoms with E-state index in [0.29, 0.717) is 36.1 Å². The maximum Gasteiger partial charge on any atom is 0.305 e. The van der Waals surface area contributed by atoms with E-state index in [0.717, 1.165) is 16.7 Å². The number of aromatic hydroxyl groups is 1.